The fourth-order valence-corrected chi connectivity index (χ4v) is 1.97. The minimum absolute atomic E-state index is 0.427. The van der Waals surface area contributed by atoms with Gasteiger partial charge in [0.1, 0.15) is 5.75 Å². The Hall–Kier alpha value is -0.730. The number of hydrogen-bond acceptors (Lipinski definition) is 2. The van der Waals surface area contributed by atoms with E-state index >= 15 is 0 Å². The summed E-state index contributed by atoms with van der Waals surface area (Å²) in [5.41, 5.74) is 3.08. The Morgan fingerprint density at radius 3 is 2.56 bits per heavy atom. The first-order chi connectivity index (χ1) is 7.60. The molecule has 0 aliphatic rings. The predicted molar refractivity (Wildman–Crippen MR) is 67.4 cm³/mol. The number of halogens is 1. The van der Waals surface area contributed by atoms with Crippen LogP contribution in [0.3, 0.4) is 0 Å². The molecule has 0 radical (unpaired) electrons. The number of ether oxygens (including phenoxy) is 1. The van der Waals surface area contributed by atoms with E-state index in [1.54, 1.807) is 7.11 Å². The SMILES string of the molecule is COc1cc(C)c(C(O)CCCCl)cc1C. The summed E-state index contributed by atoms with van der Waals surface area (Å²) in [6.45, 7) is 3.97. The van der Waals surface area contributed by atoms with Crippen LogP contribution in [0, 0.1) is 13.8 Å². The first kappa shape index (κ1) is 13.3. The highest BCUT2D eigenvalue weighted by Crippen LogP contribution is 2.28. The molecule has 0 amide bonds. The second-order valence-corrected chi connectivity index (χ2v) is 4.40. The Morgan fingerprint density at radius 2 is 2.00 bits per heavy atom. The second kappa shape index (κ2) is 6.12. The van der Waals surface area contributed by atoms with Crippen molar-refractivity contribution >= 4 is 11.6 Å². The minimum atomic E-state index is -0.427. The topological polar surface area (TPSA) is 29.5 Å². The highest BCUT2D eigenvalue weighted by atomic mass is 35.5. The van der Waals surface area contributed by atoms with Crippen LogP contribution in [-0.2, 0) is 0 Å². The molecule has 0 heterocycles. The smallest absolute Gasteiger partial charge is 0.122 e. The van der Waals surface area contributed by atoms with Crippen molar-refractivity contribution in [3.8, 4) is 5.75 Å². The third-order valence-corrected chi connectivity index (χ3v) is 3.02. The summed E-state index contributed by atoms with van der Waals surface area (Å²) in [6, 6.07) is 3.96. The average Bonchev–Trinajstić information content (AvgIpc) is 2.28. The molecule has 1 atom stereocenters. The predicted octanol–water partition coefficient (Wildman–Crippen LogP) is 3.36. The Labute approximate surface area is 102 Å². The molecule has 1 aromatic carbocycles. The fraction of sp³-hybridized carbons (Fsp3) is 0.538. The zero-order chi connectivity index (χ0) is 12.1. The molecule has 0 saturated heterocycles. The molecule has 0 bridgehead atoms. The average molecular weight is 243 g/mol. The van der Waals surface area contributed by atoms with Crippen molar-refractivity contribution in [1.82, 2.24) is 0 Å². The Bertz CT molecular complexity index is 350. The van der Waals surface area contributed by atoms with Crippen molar-refractivity contribution in [1.29, 1.82) is 0 Å². The second-order valence-electron chi connectivity index (χ2n) is 4.03. The van der Waals surface area contributed by atoms with Gasteiger partial charge in [-0.1, -0.05) is 0 Å². The van der Waals surface area contributed by atoms with Gasteiger partial charge in [0.15, 0.2) is 0 Å². The van der Waals surface area contributed by atoms with Gasteiger partial charge in [0, 0.05) is 5.88 Å². The number of alkyl halides is 1. The molecule has 0 aliphatic carbocycles. The number of aliphatic hydroxyl groups excluding tert-OH is 1. The van der Waals surface area contributed by atoms with Crippen LogP contribution in [0.2, 0.25) is 0 Å². The lowest BCUT2D eigenvalue weighted by molar-refractivity contribution is 0.166. The molecule has 1 N–H and O–H groups in total. The highest BCUT2D eigenvalue weighted by molar-refractivity contribution is 6.17. The van der Waals surface area contributed by atoms with Crippen molar-refractivity contribution in [3.05, 3.63) is 28.8 Å². The molecule has 1 aromatic rings. The van der Waals surface area contributed by atoms with Gasteiger partial charge in [0.05, 0.1) is 13.2 Å². The van der Waals surface area contributed by atoms with E-state index in [0.29, 0.717) is 12.3 Å². The summed E-state index contributed by atoms with van der Waals surface area (Å²) in [5.74, 6) is 1.46. The number of aryl methyl sites for hydroxylation is 2. The van der Waals surface area contributed by atoms with E-state index in [9.17, 15) is 5.11 Å². The Kier molecular flexibility index (Phi) is 5.10. The van der Waals surface area contributed by atoms with Gasteiger partial charge in [-0.25, -0.2) is 0 Å². The number of aliphatic hydroxyl groups is 1. The molecule has 90 valence electrons. The van der Waals surface area contributed by atoms with Crippen LogP contribution in [-0.4, -0.2) is 18.1 Å². The van der Waals surface area contributed by atoms with Gasteiger partial charge in [0.25, 0.3) is 0 Å². The maximum atomic E-state index is 10.0. The summed E-state index contributed by atoms with van der Waals surface area (Å²) < 4.78 is 5.24. The van der Waals surface area contributed by atoms with Crippen LogP contribution >= 0.6 is 11.6 Å². The zero-order valence-corrected chi connectivity index (χ0v) is 10.8. The van der Waals surface area contributed by atoms with Crippen LogP contribution < -0.4 is 4.74 Å². The Balaban J connectivity index is 2.92. The summed E-state index contributed by atoms with van der Waals surface area (Å²) in [4.78, 5) is 0. The largest absolute Gasteiger partial charge is 0.496 e. The minimum Gasteiger partial charge on any atom is -0.496 e. The van der Waals surface area contributed by atoms with Crippen molar-refractivity contribution in [2.45, 2.75) is 32.8 Å². The molecule has 0 aromatic heterocycles. The third-order valence-electron chi connectivity index (χ3n) is 2.75. The van der Waals surface area contributed by atoms with E-state index in [1.165, 1.54) is 0 Å². The normalized spacial score (nSPS) is 12.6. The molecular formula is C13H19ClO2. The lowest BCUT2D eigenvalue weighted by Crippen LogP contribution is -2.02. The number of rotatable bonds is 5. The van der Waals surface area contributed by atoms with Gasteiger partial charge in [-0.2, -0.15) is 0 Å². The lowest BCUT2D eigenvalue weighted by Gasteiger charge is -2.16. The van der Waals surface area contributed by atoms with E-state index in [-0.39, 0.29) is 0 Å². The van der Waals surface area contributed by atoms with E-state index in [1.807, 2.05) is 26.0 Å². The van der Waals surface area contributed by atoms with E-state index < -0.39 is 6.10 Å². The molecule has 1 rings (SSSR count). The van der Waals surface area contributed by atoms with Crippen LogP contribution in [0.4, 0.5) is 0 Å². The number of hydrogen-bond donors (Lipinski definition) is 1. The van der Waals surface area contributed by atoms with Crippen molar-refractivity contribution in [2.24, 2.45) is 0 Å². The summed E-state index contributed by atoms with van der Waals surface area (Å²) in [7, 11) is 1.66. The van der Waals surface area contributed by atoms with Gasteiger partial charge < -0.3 is 9.84 Å². The molecule has 16 heavy (non-hydrogen) atoms. The standard InChI is InChI=1S/C13H19ClO2/c1-9-8-13(16-3)10(2)7-11(9)12(15)5-4-6-14/h7-8,12,15H,4-6H2,1-3H3. The Morgan fingerprint density at radius 1 is 1.31 bits per heavy atom. The summed E-state index contributed by atoms with van der Waals surface area (Å²) in [6.07, 6.45) is 1.10. The first-order valence-corrected chi connectivity index (χ1v) is 6.02. The fourth-order valence-electron chi connectivity index (χ4n) is 1.82. The maximum Gasteiger partial charge on any atom is 0.122 e. The molecular weight excluding hydrogens is 224 g/mol. The summed E-state index contributed by atoms with van der Waals surface area (Å²) >= 11 is 5.62. The zero-order valence-electron chi connectivity index (χ0n) is 10.1. The van der Waals surface area contributed by atoms with Crippen molar-refractivity contribution < 1.29 is 9.84 Å². The first-order valence-electron chi connectivity index (χ1n) is 5.49. The van der Waals surface area contributed by atoms with Crippen LogP contribution in [0.1, 0.15) is 35.6 Å². The maximum absolute atomic E-state index is 10.0. The molecule has 0 fully saturated rings. The molecule has 0 saturated carbocycles. The van der Waals surface area contributed by atoms with Crippen LogP contribution in [0.15, 0.2) is 12.1 Å². The van der Waals surface area contributed by atoms with E-state index in [4.69, 9.17) is 16.3 Å². The van der Waals surface area contributed by atoms with Crippen molar-refractivity contribution in [2.75, 3.05) is 13.0 Å². The lowest BCUT2D eigenvalue weighted by atomic mass is 9.97. The number of benzene rings is 1. The van der Waals surface area contributed by atoms with Gasteiger partial charge in [0.2, 0.25) is 0 Å². The van der Waals surface area contributed by atoms with Crippen LogP contribution in [0.5, 0.6) is 5.75 Å². The highest BCUT2D eigenvalue weighted by Gasteiger charge is 2.12. The van der Waals surface area contributed by atoms with Gasteiger partial charge in [-0.3, -0.25) is 0 Å². The monoisotopic (exact) mass is 242 g/mol. The molecule has 3 heteroatoms. The van der Waals surface area contributed by atoms with Gasteiger partial charge in [-0.15, -0.1) is 11.6 Å². The van der Waals surface area contributed by atoms with Crippen LogP contribution in [0.25, 0.3) is 0 Å². The molecule has 1 unspecified atom stereocenters. The third kappa shape index (κ3) is 3.13. The molecule has 2 nitrogen and oxygen atoms in total. The number of methoxy groups -OCH3 is 1. The van der Waals surface area contributed by atoms with E-state index in [0.717, 1.165) is 28.9 Å². The summed E-state index contributed by atoms with van der Waals surface area (Å²) in [5, 5.41) is 10.0. The molecule has 0 aliphatic heterocycles. The van der Waals surface area contributed by atoms with Gasteiger partial charge in [-0.05, 0) is 55.5 Å². The van der Waals surface area contributed by atoms with Gasteiger partial charge >= 0.3 is 0 Å². The molecule has 0 spiro atoms. The quantitative estimate of drug-likeness (QED) is 0.803. The van der Waals surface area contributed by atoms with Crippen molar-refractivity contribution in [3.63, 3.8) is 0 Å². The van der Waals surface area contributed by atoms with E-state index in [2.05, 4.69) is 0 Å².